The van der Waals surface area contributed by atoms with Crippen LogP contribution in [0.4, 0.5) is 0 Å². The Morgan fingerprint density at radius 1 is 1.03 bits per heavy atom. The lowest BCUT2D eigenvalue weighted by Crippen LogP contribution is -2.32. The summed E-state index contributed by atoms with van der Waals surface area (Å²) in [5, 5.41) is 0. The predicted molar refractivity (Wildman–Crippen MR) is 129 cm³/mol. The molecular weight excluding hydrogens is 432 g/mol. The summed E-state index contributed by atoms with van der Waals surface area (Å²) < 4.78 is 22.0. The predicted octanol–water partition coefficient (Wildman–Crippen LogP) is 5.13. The van der Waals surface area contributed by atoms with E-state index in [1.165, 1.54) is 51.2 Å². The summed E-state index contributed by atoms with van der Waals surface area (Å²) in [6.45, 7) is 0.910. The van der Waals surface area contributed by atoms with Crippen LogP contribution in [-0.4, -0.2) is 51.1 Å². The minimum Gasteiger partial charge on any atom is -0.469 e. The second kappa shape index (κ2) is 11.8. The Bertz CT molecular complexity index is 896. The summed E-state index contributed by atoms with van der Waals surface area (Å²) >= 11 is 0. The topological polar surface area (TPSA) is 71.1 Å². The fourth-order valence-corrected chi connectivity index (χ4v) is 5.39. The standard InChI is InChI=1S/C28H36O6/c1-31-26-17-19(7-15-27(29)32-2)6-14-25(26)34-28(30)21-10-8-20(9-11-21)22-12-13-23(18-22)24-5-3-4-16-33-24/h6,8-11,14,17,22-26H,3-5,7,12-13,15-16,18H2,1-2H3/t22-,23?,24?,25?,26?/m0/s1. The lowest BCUT2D eigenvalue weighted by molar-refractivity contribution is -0.140. The van der Waals surface area contributed by atoms with E-state index in [0.717, 1.165) is 12.2 Å². The van der Waals surface area contributed by atoms with Crippen LogP contribution in [0.3, 0.4) is 0 Å². The first kappa shape index (κ1) is 24.7. The van der Waals surface area contributed by atoms with E-state index in [9.17, 15) is 9.59 Å². The number of ether oxygens (including phenoxy) is 4. The zero-order valence-electron chi connectivity index (χ0n) is 20.2. The molecule has 6 heteroatoms. The molecule has 2 fully saturated rings. The van der Waals surface area contributed by atoms with E-state index in [1.807, 2.05) is 30.4 Å². The van der Waals surface area contributed by atoms with Gasteiger partial charge < -0.3 is 18.9 Å². The van der Waals surface area contributed by atoms with Crippen LogP contribution >= 0.6 is 0 Å². The molecule has 1 aliphatic heterocycles. The smallest absolute Gasteiger partial charge is 0.338 e. The number of methoxy groups -OCH3 is 2. The number of benzene rings is 1. The van der Waals surface area contributed by atoms with Crippen LogP contribution in [0.2, 0.25) is 0 Å². The molecule has 1 heterocycles. The van der Waals surface area contributed by atoms with Gasteiger partial charge in [0.2, 0.25) is 0 Å². The summed E-state index contributed by atoms with van der Waals surface area (Å²) in [6, 6.07) is 7.88. The molecule has 0 spiro atoms. The first-order valence-corrected chi connectivity index (χ1v) is 12.5. The molecule has 4 rings (SSSR count). The maximum atomic E-state index is 12.8. The van der Waals surface area contributed by atoms with Crippen molar-refractivity contribution in [2.45, 2.75) is 75.6 Å². The lowest BCUT2D eigenvalue weighted by atomic mass is 9.91. The number of carbonyl (C=O) groups is 2. The third-order valence-corrected chi connectivity index (χ3v) is 7.39. The number of hydrogen-bond donors (Lipinski definition) is 0. The van der Waals surface area contributed by atoms with Crippen LogP contribution in [-0.2, 0) is 23.7 Å². The van der Waals surface area contributed by atoms with Crippen LogP contribution in [0, 0.1) is 5.92 Å². The molecule has 3 aliphatic rings. The molecule has 184 valence electrons. The molecule has 34 heavy (non-hydrogen) atoms. The van der Waals surface area contributed by atoms with Crippen LogP contribution in [0.5, 0.6) is 0 Å². The maximum absolute atomic E-state index is 12.8. The normalized spacial score (nSPS) is 28.9. The van der Waals surface area contributed by atoms with Gasteiger partial charge in [-0.15, -0.1) is 0 Å². The van der Waals surface area contributed by atoms with E-state index in [2.05, 4.69) is 12.1 Å². The van der Waals surface area contributed by atoms with E-state index in [0.29, 0.717) is 36.3 Å². The number of esters is 2. The Kier molecular flexibility index (Phi) is 8.57. The quantitative estimate of drug-likeness (QED) is 0.493. The minimum atomic E-state index is -0.509. The van der Waals surface area contributed by atoms with Gasteiger partial charge in [0.25, 0.3) is 0 Å². The first-order chi connectivity index (χ1) is 16.6. The molecule has 0 bridgehead atoms. The molecule has 5 atom stereocenters. The molecule has 0 radical (unpaired) electrons. The van der Waals surface area contributed by atoms with Gasteiger partial charge in [-0.25, -0.2) is 4.79 Å². The number of carbonyl (C=O) groups excluding carboxylic acids is 2. The highest BCUT2D eigenvalue weighted by Crippen LogP contribution is 2.42. The Morgan fingerprint density at radius 2 is 1.85 bits per heavy atom. The van der Waals surface area contributed by atoms with Gasteiger partial charge in [-0.1, -0.05) is 18.2 Å². The lowest BCUT2D eigenvalue weighted by Gasteiger charge is -2.28. The van der Waals surface area contributed by atoms with Crippen molar-refractivity contribution >= 4 is 11.9 Å². The Hall–Kier alpha value is -2.44. The SMILES string of the molecule is COC(=O)CCC1=CC(OC)C(OC(=O)c2ccc([C@H]3CCC(C4CCCCO4)C3)cc2)C=C1. The van der Waals surface area contributed by atoms with Gasteiger partial charge in [0.15, 0.2) is 6.10 Å². The van der Waals surface area contributed by atoms with E-state index in [4.69, 9.17) is 18.9 Å². The van der Waals surface area contributed by atoms with Gasteiger partial charge in [0.1, 0.15) is 6.10 Å². The second-order valence-electron chi connectivity index (χ2n) is 9.54. The zero-order valence-corrected chi connectivity index (χ0v) is 20.2. The Labute approximate surface area is 202 Å². The van der Waals surface area contributed by atoms with Crippen molar-refractivity contribution in [3.8, 4) is 0 Å². The highest BCUT2D eigenvalue weighted by molar-refractivity contribution is 5.89. The Morgan fingerprint density at radius 3 is 2.56 bits per heavy atom. The monoisotopic (exact) mass is 468 g/mol. The number of rotatable bonds is 8. The average Bonchev–Trinajstić information content (AvgIpc) is 3.39. The molecule has 0 N–H and O–H groups in total. The van der Waals surface area contributed by atoms with Crippen LogP contribution in [0.1, 0.15) is 73.2 Å². The van der Waals surface area contributed by atoms with Crippen molar-refractivity contribution in [1.29, 1.82) is 0 Å². The van der Waals surface area contributed by atoms with Crippen LogP contribution in [0.15, 0.2) is 48.1 Å². The van der Waals surface area contributed by atoms with Crippen molar-refractivity contribution in [3.05, 3.63) is 59.2 Å². The minimum absolute atomic E-state index is 0.254. The third kappa shape index (κ3) is 6.16. The van der Waals surface area contributed by atoms with Gasteiger partial charge >= 0.3 is 11.9 Å². The molecule has 1 saturated carbocycles. The molecule has 1 aromatic rings. The molecule has 4 unspecified atom stereocenters. The maximum Gasteiger partial charge on any atom is 0.338 e. The van der Waals surface area contributed by atoms with Gasteiger partial charge in [-0.05, 0) is 92.2 Å². The van der Waals surface area contributed by atoms with Crippen molar-refractivity contribution < 1.29 is 28.5 Å². The van der Waals surface area contributed by atoms with Crippen molar-refractivity contribution in [2.75, 3.05) is 20.8 Å². The first-order valence-electron chi connectivity index (χ1n) is 12.5. The summed E-state index contributed by atoms with van der Waals surface area (Å²) in [6.07, 6.45) is 13.2. The van der Waals surface area contributed by atoms with Crippen LogP contribution in [0.25, 0.3) is 0 Å². The Balaban J connectivity index is 1.30. The van der Waals surface area contributed by atoms with Gasteiger partial charge in [0.05, 0.1) is 18.8 Å². The zero-order chi connectivity index (χ0) is 23.9. The molecule has 1 saturated heterocycles. The van der Waals surface area contributed by atoms with E-state index in [-0.39, 0.29) is 11.9 Å². The summed E-state index contributed by atoms with van der Waals surface area (Å²) in [5.41, 5.74) is 2.79. The highest BCUT2D eigenvalue weighted by Gasteiger charge is 2.33. The van der Waals surface area contributed by atoms with E-state index < -0.39 is 12.2 Å². The van der Waals surface area contributed by atoms with Gasteiger partial charge in [0, 0.05) is 20.1 Å². The largest absolute Gasteiger partial charge is 0.469 e. The fourth-order valence-electron chi connectivity index (χ4n) is 5.39. The van der Waals surface area contributed by atoms with Crippen molar-refractivity contribution in [3.63, 3.8) is 0 Å². The van der Waals surface area contributed by atoms with E-state index in [1.54, 1.807) is 7.11 Å². The van der Waals surface area contributed by atoms with E-state index >= 15 is 0 Å². The number of hydrogen-bond acceptors (Lipinski definition) is 6. The molecule has 6 nitrogen and oxygen atoms in total. The molecular formula is C28H36O6. The second-order valence-corrected chi connectivity index (χ2v) is 9.54. The highest BCUT2D eigenvalue weighted by atomic mass is 16.6. The average molecular weight is 469 g/mol. The van der Waals surface area contributed by atoms with Crippen molar-refractivity contribution in [2.24, 2.45) is 5.92 Å². The number of allylic oxidation sites excluding steroid dienone is 2. The fraction of sp³-hybridized carbons (Fsp3) is 0.571. The van der Waals surface area contributed by atoms with Crippen LogP contribution < -0.4 is 0 Å². The van der Waals surface area contributed by atoms with Crippen molar-refractivity contribution in [1.82, 2.24) is 0 Å². The summed E-state index contributed by atoms with van der Waals surface area (Å²) in [7, 11) is 2.96. The summed E-state index contributed by atoms with van der Waals surface area (Å²) in [5.74, 6) is 0.572. The molecule has 0 aromatic heterocycles. The summed E-state index contributed by atoms with van der Waals surface area (Å²) in [4.78, 5) is 24.2. The third-order valence-electron chi connectivity index (χ3n) is 7.39. The molecule has 2 aliphatic carbocycles. The molecule has 1 aromatic carbocycles. The molecule has 0 amide bonds. The van der Waals surface area contributed by atoms with Gasteiger partial charge in [-0.3, -0.25) is 4.79 Å². The van der Waals surface area contributed by atoms with Gasteiger partial charge in [-0.2, -0.15) is 0 Å².